The van der Waals surface area contributed by atoms with Gasteiger partial charge in [0, 0.05) is 14.6 Å². The van der Waals surface area contributed by atoms with E-state index in [0.717, 1.165) is 8.95 Å². The van der Waals surface area contributed by atoms with Crippen LogP contribution >= 0.6 is 39.6 Å². The fourth-order valence-electron chi connectivity index (χ4n) is 2.00. The van der Waals surface area contributed by atoms with Crippen molar-refractivity contribution in [3.05, 3.63) is 87.8 Å². The minimum atomic E-state index is -3.70. The Morgan fingerprint density at radius 3 is 1.56 bits per heavy atom. The van der Waals surface area contributed by atoms with Crippen LogP contribution < -0.4 is 14.1 Å². The predicted molar refractivity (Wildman–Crippen MR) is 107 cm³/mol. The summed E-state index contributed by atoms with van der Waals surface area (Å²) in [6, 6.07) is 23.2. The van der Waals surface area contributed by atoms with Gasteiger partial charge in [-0.3, -0.25) is 5.09 Å². The second kappa shape index (κ2) is 8.09. The molecule has 0 aliphatic rings. The second-order valence-electron chi connectivity index (χ2n) is 5.07. The summed E-state index contributed by atoms with van der Waals surface area (Å²) in [6.45, 7) is 0. The molecule has 0 amide bonds. The van der Waals surface area contributed by atoms with E-state index < -0.39 is 7.75 Å². The highest BCUT2D eigenvalue weighted by Crippen LogP contribution is 2.48. The Morgan fingerprint density at radius 1 is 0.680 bits per heavy atom. The van der Waals surface area contributed by atoms with E-state index >= 15 is 0 Å². The molecule has 7 heteroatoms. The maximum atomic E-state index is 13.3. The molecule has 0 aliphatic carbocycles. The molecular weight excluding hydrogens is 469 g/mol. The molecule has 3 aromatic carbocycles. The molecule has 25 heavy (non-hydrogen) atoms. The van der Waals surface area contributed by atoms with Gasteiger partial charge in [-0.05, 0) is 60.7 Å². The minimum Gasteiger partial charge on any atom is -0.400 e. The van der Waals surface area contributed by atoms with Crippen molar-refractivity contribution in [2.75, 3.05) is 5.09 Å². The van der Waals surface area contributed by atoms with E-state index in [4.69, 9.17) is 9.05 Å². The molecule has 0 atom stereocenters. The van der Waals surface area contributed by atoms with Gasteiger partial charge in [0.2, 0.25) is 0 Å². The Labute approximate surface area is 163 Å². The lowest BCUT2D eigenvalue weighted by Gasteiger charge is -2.21. The normalized spacial score (nSPS) is 11.0. The monoisotopic (exact) mass is 481 g/mol. The molecule has 3 aromatic rings. The van der Waals surface area contributed by atoms with Gasteiger partial charge < -0.3 is 9.05 Å². The summed E-state index contributed by atoms with van der Waals surface area (Å²) < 4.78 is 26.5. The van der Waals surface area contributed by atoms with Crippen molar-refractivity contribution in [1.82, 2.24) is 0 Å². The number of nitrogens with one attached hydrogen (secondary N) is 1. The lowest BCUT2D eigenvalue weighted by molar-refractivity contribution is 0.393. The van der Waals surface area contributed by atoms with Crippen molar-refractivity contribution >= 4 is 45.3 Å². The summed E-state index contributed by atoms with van der Waals surface area (Å²) in [5.41, 5.74) is 0.639. The molecule has 0 fully saturated rings. The number of hydrogen-bond acceptors (Lipinski definition) is 3. The van der Waals surface area contributed by atoms with Crippen molar-refractivity contribution in [1.29, 1.82) is 0 Å². The highest BCUT2D eigenvalue weighted by atomic mass is 79.9. The molecule has 0 aromatic heterocycles. The van der Waals surface area contributed by atoms with Crippen molar-refractivity contribution < 1.29 is 13.6 Å². The quantitative estimate of drug-likeness (QED) is 0.388. The maximum Gasteiger partial charge on any atom is 0.541 e. The average Bonchev–Trinajstić information content (AvgIpc) is 2.60. The first kappa shape index (κ1) is 18.1. The fraction of sp³-hybridized carbons (Fsp3) is 0. The van der Waals surface area contributed by atoms with Crippen LogP contribution in [0.5, 0.6) is 11.5 Å². The number of rotatable bonds is 6. The van der Waals surface area contributed by atoms with Crippen LogP contribution in [0.25, 0.3) is 0 Å². The Bertz CT molecular complexity index is 820. The molecule has 1 N–H and O–H groups in total. The van der Waals surface area contributed by atoms with E-state index in [0.29, 0.717) is 17.2 Å². The van der Waals surface area contributed by atoms with Crippen LogP contribution in [0.4, 0.5) is 5.69 Å². The summed E-state index contributed by atoms with van der Waals surface area (Å²) in [6.07, 6.45) is 0. The van der Waals surface area contributed by atoms with E-state index in [1.807, 2.05) is 42.5 Å². The maximum absolute atomic E-state index is 13.3. The Kier molecular flexibility index (Phi) is 5.84. The Balaban J connectivity index is 1.87. The molecule has 128 valence electrons. The zero-order valence-corrected chi connectivity index (χ0v) is 17.0. The smallest absolute Gasteiger partial charge is 0.400 e. The van der Waals surface area contributed by atoms with Crippen molar-refractivity contribution in [3.8, 4) is 11.5 Å². The SMILES string of the molecule is O=P(Nc1ccccc1)(Oc1ccc(Br)cc1)Oc1ccc(Br)cc1. The predicted octanol–water partition coefficient (Wildman–Crippen LogP) is 6.89. The first-order chi connectivity index (χ1) is 12.0. The lowest BCUT2D eigenvalue weighted by atomic mass is 10.3. The number of benzene rings is 3. The van der Waals surface area contributed by atoms with Crippen LogP contribution in [0.15, 0.2) is 87.8 Å². The first-order valence-corrected chi connectivity index (χ1v) is 10.5. The molecule has 0 unspecified atom stereocenters. The highest BCUT2D eigenvalue weighted by molar-refractivity contribution is 9.10. The van der Waals surface area contributed by atoms with Gasteiger partial charge in [0.15, 0.2) is 0 Å². The Hall–Kier alpha value is -1.75. The molecule has 0 bridgehead atoms. The summed E-state index contributed by atoms with van der Waals surface area (Å²) in [4.78, 5) is 0. The molecule has 0 saturated carbocycles. The standard InChI is InChI=1S/C18H14Br2NO3P/c19-14-6-10-17(11-7-14)23-25(22,21-16-4-2-1-3-5-16)24-18-12-8-15(20)9-13-18/h1-13H,(H,21,22). The molecule has 0 spiro atoms. The van der Waals surface area contributed by atoms with Gasteiger partial charge in [0.25, 0.3) is 0 Å². The number of hydrogen-bond donors (Lipinski definition) is 1. The van der Waals surface area contributed by atoms with E-state index in [2.05, 4.69) is 36.9 Å². The van der Waals surface area contributed by atoms with Gasteiger partial charge >= 0.3 is 7.75 Å². The first-order valence-electron chi connectivity index (χ1n) is 7.36. The topological polar surface area (TPSA) is 47.6 Å². The van der Waals surface area contributed by atoms with Crippen LogP contribution in [0.3, 0.4) is 0 Å². The van der Waals surface area contributed by atoms with Crippen LogP contribution in [0.1, 0.15) is 0 Å². The van der Waals surface area contributed by atoms with Crippen molar-refractivity contribution in [3.63, 3.8) is 0 Å². The number of halogens is 2. The largest absolute Gasteiger partial charge is 0.541 e. The summed E-state index contributed by atoms with van der Waals surface area (Å²) >= 11 is 6.73. The molecule has 3 rings (SSSR count). The van der Waals surface area contributed by atoms with Crippen LogP contribution in [-0.2, 0) is 4.57 Å². The van der Waals surface area contributed by atoms with Gasteiger partial charge in [-0.1, -0.05) is 50.1 Å². The lowest BCUT2D eigenvalue weighted by Crippen LogP contribution is -2.09. The molecular formula is C18H14Br2NO3P. The highest BCUT2D eigenvalue weighted by Gasteiger charge is 2.29. The van der Waals surface area contributed by atoms with Gasteiger partial charge in [-0.25, -0.2) is 4.57 Å². The van der Waals surface area contributed by atoms with E-state index in [1.165, 1.54) is 0 Å². The van der Waals surface area contributed by atoms with E-state index in [9.17, 15) is 4.57 Å². The second-order valence-corrected chi connectivity index (χ2v) is 8.48. The number of para-hydroxylation sites is 1. The van der Waals surface area contributed by atoms with Gasteiger partial charge in [-0.15, -0.1) is 0 Å². The zero-order valence-electron chi connectivity index (χ0n) is 12.9. The van der Waals surface area contributed by atoms with E-state index in [-0.39, 0.29) is 0 Å². The van der Waals surface area contributed by atoms with Gasteiger partial charge in [0.1, 0.15) is 11.5 Å². The van der Waals surface area contributed by atoms with Gasteiger partial charge in [-0.2, -0.15) is 0 Å². The number of anilines is 1. The summed E-state index contributed by atoms with van der Waals surface area (Å²) in [5.74, 6) is 0.874. The third kappa shape index (κ3) is 5.36. The van der Waals surface area contributed by atoms with Crippen LogP contribution in [-0.4, -0.2) is 0 Å². The van der Waals surface area contributed by atoms with E-state index in [1.54, 1.807) is 36.4 Å². The van der Waals surface area contributed by atoms with Crippen LogP contribution in [0, 0.1) is 0 Å². The molecule has 0 aliphatic heterocycles. The molecule has 0 saturated heterocycles. The van der Waals surface area contributed by atoms with Crippen LogP contribution in [0.2, 0.25) is 0 Å². The molecule has 0 radical (unpaired) electrons. The van der Waals surface area contributed by atoms with Crippen molar-refractivity contribution in [2.24, 2.45) is 0 Å². The van der Waals surface area contributed by atoms with Crippen molar-refractivity contribution in [2.45, 2.75) is 0 Å². The fourth-order valence-corrected chi connectivity index (χ4v) is 3.92. The third-order valence-corrected chi connectivity index (χ3v) is 5.61. The summed E-state index contributed by atoms with van der Waals surface area (Å²) in [5, 5.41) is 2.87. The third-order valence-electron chi connectivity index (χ3n) is 3.12. The summed E-state index contributed by atoms with van der Waals surface area (Å²) in [7, 11) is -3.70. The molecule has 0 heterocycles. The minimum absolute atomic E-state index is 0.437. The zero-order chi connectivity index (χ0) is 17.7. The average molecular weight is 483 g/mol. The van der Waals surface area contributed by atoms with Gasteiger partial charge in [0.05, 0.1) is 0 Å². The molecule has 4 nitrogen and oxygen atoms in total. The Morgan fingerprint density at radius 2 is 1.12 bits per heavy atom.